The normalized spacial score (nSPS) is 19.4. The van der Waals surface area contributed by atoms with Gasteiger partial charge >= 0.3 is 0 Å². The van der Waals surface area contributed by atoms with Gasteiger partial charge in [0.05, 0.1) is 11.5 Å². The molecule has 1 unspecified atom stereocenters. The van der Waals surface area contributed by atoms with Gasteiger partial charge in [0.25, 0.3) is 0 Å². The number of anilines is 1. The van der Waals surface area contributed by atoms with Crippen LogP contribution in [-0.2, 0) is 4.74 Å². The predicted molar refractivity (Wildman–Crippen MR) is 83.5 cm³/mol. The van der Waals surface area contributed by atoms with E-state index in [0.29, 0.717) is 6.10 Å². The Kier molecular flexibility index (Phi) is 4.47. The van der Waals surface area contributed by atoms with Gasteiger partial charge in [-0.1, -0.05) is 6.92 Å². The van der Waals surface area contributed by atoms with Crippen LogP contribution in [0.2, 0.25) is 0 Å². The van der Waals surface area contributed by atoms with Crippen molar-refractivity contribution in [2.45, 2.75) is 38.7 Å². The van der Waals surface area contributed by atoms with Crippen LogP contribution in [0.15, 0.2) is 17.8 Å². The van der Waals surface area contributed by atoms with E-state index in [1.54, 1.807) is 17.7 Å². The highest BCUT2D eigenvalue weighted by molar-refractivity contribution is 7.16. The van der Waals surface area contributed by atoms with Crippen molar-refractivity contribution in [3.8, 4) is 0 Å². The van der Waals surface area contributed by atoms with Gasteiger partial charge in [-0.15, -0.1) is 11.3 Å². The van der Waals surface area contributed by atoms with Gasteiger partial charge in [0, 0.05) is 19.7 Å². The van der Waals surface area contributed by atoms with Crippen molar-refractivity contribution in [1.29, 1.82) is 0 Å². The number of fused-ring (bicyclic) bond motifs is 1. The summed E-state index contributed by atoms with van der Waals surface area (Å²) in [5.41, 5.74) is 0. The predicted octanol–water partition coefficient (Wildman–Crippen LogP) is 3.48. The summed E-state index contributed by atoms with van der Waals surface area (Å²) in [7, 11) is 0. The lowest BCUT2D eigenvalue weighted by molar-refractivity contribution is 0.0209. The van der Waals surface area contributed by atoms with Gasteiger partial charge in [0.1, 0.15) is 17.0 Å². The molecule has 1 saturated heterocycles. The van der Waals surface area contributed by atoms with E-state index in [1.165, 1.54) is 18.2 Å². The first-order valence-corrected chi connectivity index (χ1v) is 8.31. The van der Waals surface area contributed by atoms with Crippen LogP contribution in [0.25, 0.3) is 10.2 Å². The number of thiophene rings is 1. The molecule has 0 radical (unpaired) electrons. The summed E-state index contributed by atoms with van der Waals surface area (Å²) in [6.07, 6.45) is 6.78. The summed E-state index contributed by atoms with van der Waals surface area (Å²) >= 11 is 1.67. The highest BCUT2D eigenvalue weighted by Gasteiger charge is 2.20. The summed E-state index contributed by atoms with van der Waals surface area (Å²) in [6, 6.07) is 2.12. The highest BCUT2D eigenvalue weighted by Crippen LogP contribution is 2.27. The molecule has 1 fully saturated rings. The van der Waals surface area contributed by atoms with Gasteiger partial charge in [0.2, 0.25) is 0 Å². The van der Waals surface area contributed by atoms with Crippen LogP contribution in [0.5, 0.6) is 0 Å². The standard InChI is InChI=1S/C15H21N3OS/c1-2-7-18(10-12-5-3-4-8-19-12)14-13-6-9-20-15(13)17-11-16-14/h6,9,11-12H,2-5,7-8,10H2,1H3. The topological polar surface area (TPSA) is 38.2 Å². The molecule has 3 heterocycles. The number of hydrogen-bond donors (Lipinski definition) is 0. The zero-order valence-corrected chi connectivity index (χ0v) is 12.7. The fourth-order valence-corrected chi connectivity index (χ4v) is 3.51. The van der Waals surface area contributed by atoms with Crippen LogP contribution < -0.4 is 4.90 Å². The molecule has 0 spiro atoms. The van der Waals surface area contributed by atoms with Crippen molar-refractivity contribution in [3.63, 3.8) is 0 Å². The Morgan fingerprint density at radius 3 is 3.15 bits per heavy atom. The van der Waals surface area contributed by atoms with Gasteiger partial charge in [0.15, 0.2) is 0 Å². The molecule has 0 bridgehead atoms. The smallest absolute Gasteiger partial charge is 0.140 e. The summed E-state index contributed by atoms with van der Waals surface area (Å²) in [5, 5.41) is 3.26. The second-order valence-electron chi connectivity index (χ2n) is 5.27. The molecule has 2 aromatic rings. The monoisotopic (exact) mass is 291 g/mol. The molecule has 20 heavy (non-hydrogen) atoms. The van der Waals surface area contributed by atoms with Crippen LogP contribution in [0, 0.1) is 0 Å². The number of aromatic nitrogens is 2. The molecule has 0 saturated carbocycles. The lowest BCUT2D eigenvalue weighted by atomic mass is 10.1. The third-order valence-electron chi connectivity index (χ3n) is 3.73. The number of nitrogens with zero attached hydrogens (tertiary/aromatic N) is 3. The molecule has 0 aliphatic carbocycles. The first-order chi connectivity index (χ1) is 9.88. The lowest BCUT2D eigenvalue weighted by Crippen LogP contribution is -2.37. The van der Waals surface area contributed by atoms with Crippen molar-refractivity contribution in [3.05, 3.63) is 17.8 Å². The average Bonchev–Trinajstić information content (AvgIpc) is 2.96. The Morgan fingerprint density at radius 2 is 2.35 bits per heavy atom. The van der Waals surface area contributed by atoms with Crippen molar-refractivity contribution >= 4 is 27.4 Å². The minimum absolute atomic E-state index is 0.346. The molecule has 1 aliphatic rings. The Morgan fingerprint density at radius 1 is 1.40 bits per heavy atom. The lowest BCUT2D eigenvalue weighted by Gasteiger charge is -2.30. The third kappa shape index (κ3) is 2.94. The molecule has 1 aliphatic heterocycles. The molecule has 5 heteroatoms. The second kappa shape index (κ2) is 6.50. The molecular formula is C15H21N3OS. The Balaban J connectivity index is 1.83. The van der Waals surface area contributed by atoms with E-state index in [2.05, 4.69) is 33.2 Å². The third-order valence-corrected chi connectivity index (χ3v) is 4.55. The quantitative estimate of drug-likeness (QED) is 0.845. The summed E-state index contributed by atoms with van der Waals surface area (Å²) in [6.45, 7) is 5.07. The maximum Gasteiger partial charge on any atom is 0.140 e. The summed E-state index contributed by atoms with van der Waals surface area (Å²) in [4.78, 5) is 12.3. The van der Waals surface area contributed by atoms with E-state index in [0.717, 1.165) is 43.2 Å². The second-order valence-corrected chi connectivity index (χ2v) is 6.17. The molecule has 0 N–H and O–H groups in total. The zero-order valence-electron chi connectivity index (χ0n) is 11.9. The van der Waals surface area contributed by atoms with Crippen molar-refractivity contribution in [1.82, 2.24) is 9.97 Å². The Bertz CT molecular complexity index is 551. The molecule has 0 aromatic carbocycles. The maximum absolute atomic E-state index is 5.89. The van der Waals surface area contributed by atoms with E-state index in [1.807, 2.05) is 0 Å². The van der Waals surface area contributed by atoms with Gasteiger partial charge in [-0.2, -0.15) is 0 Å². The molecule has 1 atom stereocenters. The highest BCUT2D eigenvalue weighted by atomic mass is 32.1. The Hall–Kier alpha value is -1.20. The van der Waals surface area contributed by atoms with Gasteiger partial charge in [-0.3, -0.25) is 0 Å². The minimum atomic E-state index is 0.346. The number of hydrogen-bond acceptors (Lipinski definition) is 5. The fraction of sp³-hybridized carbons (Fsp3) is 0.600. The Labute approximate surface area is 123 Å². The van der Waals surface area contributed by atoms with Crippen molar-refractivity contribution < 1.29 is 4.74 Å². The fourth-order valence-electron chi connectivity index (χ4n) is 2.78. The average molecular weight is 291 g/mol. The zero-order chi connectivity index (χ0) is 13.8. The van der Waals surface area contributed by atoms with Gasteiger partial charge < -0.3 is 9.64 Å². The van der Waals surface area contributed by atoms with E-state index in [9.17, 15) is 0 Å². The van der Waals surface area contributed by atoms with Crippen LogP contribution >= 0.6 is 11.3 Å². The largest absolute Gasteiger partial charge is 0.376 e. The molecule has 2 aromatic heterocycles. The summed E-state index contributed by atoms with van der Waals surface area (Å²) in [5.74, 6) is 1.06. The molecular weight excluding hydrogens is 270 g/mol. The maximum atomic E-state index is 5.89. The van der Waals surface area contributed by atoms with E-state index in [4.69, 9.17) is 4.74 Å². The van der Waals surface area contributed by atoms with Crippen molar-refractivity contribution in [2.75, 3.05) is 24.6 Å². The first kappa shape index (κ1) is 13.8. The first-order valence-electron chi connectivity index (χ1n) is 7.43. The van der Waals surface area contributed by atoms with Crippen LogP contribution in [0.4, 0.5) is 5.82 Å². The SMILES string of the molecule is CCCN(CC1CCCCO1)c1ncnc2sccc12. The van der Waals surface area contributed by atoms with Crippen LogP contribution in [0.3, 0.4) is 0 Å². The number of ether oxygens (including phenoxy) is 1. The van der Waals surface area contributed by atoms with E-state index < -0.39 is 0 Å². The van der Waals surface area contributed by atoms with Crippen LogP contribution in [-0.4, -0.2) is 35.8 Å². The minimum Gasteiger partial charge on any atom is -0.376 e. The van der Waals surface area contributed by atoms with E-state index >= 15 is 0 Å². The van der Waals surface area contributed by atoms with Gasteiger partial charge in [-0.05, 0) is 37.1 Å². The number of rotatable bonds is 5. The molecule has 3 rings (SSSR count). The molecule has 108 valence electrons. The molecule has 4 nitrogen and oxygen atoms in total. The summed E-state index contributed by atoms with van der Waals surface area (Å²) < 4.78 is 5.89. The van der Waals surface area contributed by atoms with Crippen LogP contribution in [0.1, 0.15) is 32.6 Å². The van der Waals surface area contributed by atoms with Crippen molar-refractivity contribution in [2.24, 2.45) is 0 Å². The van der Waals surface area contributed by atoms with E-state index in [-0.39, 0.29) is 0 Å². The van der Waals surface area contributed by atoms with Gasteiger partial charge in [-0.25, -0.2) is 9.97 Å². The molecule has 0 amide bonds.